The third-order valence-electron chi connectivity index (χ3n) is 1.48. The van der Waals surface area contributed by atoms with Crippen LogP contribution in [0.2, 0.25) is 0 Å². The first kappa shape index (κ1) is 9.91. The fraction of sp³-hybridized carbons (Fsp3) is 0. The average molecular weight is 237 g/mol. The number of rotatable bonds is 2. The highest BCUT2D eigenvalue weighted by atomic mass is 35.7. The van der Waals surface area contributed by atoms with Gasteiger partial charge in [-0.05, 0) is 12.1 Å². The molecule has 0 aliphatic carbocycles. The molecule has 7 heteroatoms. The quantitative estimate of drug-likeness (QED) is 0.584. The predicted octanol–water partition coefficient (Wildman–Crippen LogP) is -1.49. The molecule has 76 valence electrons. The van der Waals surface area contributed by atoms with Crippen molar-refractivity contribution in [1.29, 1.82) is 0 Å². The van der Waals surface area contributed by atoms with Gasteiger partial charge in [-0.3, -0.25) is 0 Å². The summed E-state index contributed by atoms with van der Waals surface area (Å²) in [4.78, 5) is 0. The van der Waals surface area contributed by atoms with Gasteiger partial charge in [0.25, 0.3) is 0 Å². The Morgan fingerprint density at radius 2 is 2.14 bits per heavy atom. The summed E-state index contributed by atoms with van der Waals surface area (Å²) in [6, 6.07) is 1.73. The maximum absolute atomic E-state index is 10.3. The Hall–Kier alpha value is -0.630. The molecule has 0 saturated carbocycles. The van der Waals surface area contributed by atoms with E-state index in [1.54, 1.807) is 12.1 Å². The molecule has 1 aromatic heterocycles. The van der Waals surface area contributed by atoms with Crippen molar-refractivity contribution in [3.05, 3.63) is 29.1 Å². The minimum absolute atomic E-state index is 0.509. The van der Waals surface area contributed by atoms with Gasteiger partial charge in [-0.2, -0.15) is 14.0 Å². The van der Waals surface area contributed by atoms with Gasteiger partial charge >= 0.3 is 0 Å². The number of halogens is 1. The largest absolute Gasteiger partial charge is 0.464 e. The van der Waals surface area contributed by atoms with Crippen LogP contribution in [0.5, 0.6) is 0 Å². The molecule has 1 aliphatic rings. The Morgan fingerprint density at radius 1 is 1.36 bits per heavy atom. The van der Waals surface area contributed by atoms with E-state index < -0.39 is 21.0 Å². The van der Waals surface area contributed by atoms with E-state index >= 15 is 0 Å². The molecule has 0 aromatic carbocycles. The summed E-state index contributed by atoms with van der Waals surface area (Å²) < 4.78 is 40.0. The van der Waals surface area contributed by atoms with E-state index in [0.29, 0.717) is 5.76 Å². The van der Waals surface area contributed by atoms with E-state index in [1.165, 1.54) is 17.0 Å². The molecule has 1 atom stereocenters. The molecule has 1 aliphatic heterocycles. The van der Waals surface area contributed by atoms with Crippen LogP contribution >= 0.6 is 10.8 Å². The van der Waals surface area contributed by atoms with Crippen molar-refractivity contribution in [2.45, 2.75) is 0 Å². The van der Waals surface area contributed by atoms with Gasteiger partial charge < -0.3 is 4.42 Å². The number of hydrogen-bond acceptors (Lipinski definition) is 5. The summed E-state index contributed by atoms with van der Waals surface area (Å²) in [6.07, 6.45) is 3.12. The molecule has 2 rings (SSSR count). The molecule has 0 N–H and O–H groups in total. The standard InChI is InChI=1S/C7H5ClO5S/c9-8(10,11)13-14-4-2-6-1-3-12-7(6)5-14/h1-5H. The minimum atomic E-state index is -4.40. The topological polar surface area (TPSA) is 91.5 Å². The van der Waals surface area contributed by atoms with Crippen molar-refractivity contribution in [2.75, 3.05) is 0 Å². The zero-order valence-electron chi connectivity index (χ0n) is 6.71. The Morgan fingerprint density at radius 3 is 2.86 bits per heavy atom. The highest BCUT2D eigenvalue weighted by Gasteiger charge is 2.22. The van der Waals surface area contributed by atoms with Gasteiger partial charge in [0, 0.05) is 16.3 Å². The monoisotopic (exact) mass is 236 g/mol. The number of fused-ring (bicyclic) bond motifs is 1. The van der Waals surface area contributed by atoms with Gasteiger partial charge in [0.2, 0.25) is 0 Å². The smallest absolute Gasteiger partial charge is 0.142 e. The molecule has 0 fully saturated rings. The highest BCUT2D eigenvalue weighted by molar-refractivity contribution is 8.13. The zero-order chi connectivity index (χ0) is 10.2. The summed E-state index contributed by atoms with van der Waals surface area (Å²) in [5.41, 5.74) is 0.831. The van der Waals surface area contributed by atoms with Crippen molar-refractivity contribution in [1.82, 2.24) is 0 Å². The molecule has 0 bridgehead atoms. The molecular formula is C7H5ClO5S. The first-order valence-electron chi connectivity index (χ1n) is 3.48. The Labute approximate surface area is 84.1 Å². The molecule has 1 aromatic rings. The van der Waals surface area contributed by atoms with Crippen molar-refractivity contribution < 1.29 is 32.4 Å². The fourth-order valence-corrected chi connectivity index (χ4v) is 2.77. The van der Waals surface area contributed by atoms with Gasteiger partial charge in [0.15, 0.2) is 0 Å². The maximum atomic E-state index is 10.3. The van der Waals surface area contributed by atoms with Gasteiger partial charge in [0.05, 0.1) is 16.5 Å². The molecule has 0 radical (unpaired) electrons. The highest BCUT2D eigenvalue weighted by Crippen LogP contribution is 2.28. The van der Waals surface area contributed by atoms with Gasteiger partial charge in [-0.15, -0.1) is 0 Å². The summed E-state index contributed by atoms with van der Waals surface area (Å²) >= 11 is 0. The summed E-state index contributed by atoms with van der Waals surface area (Å²) in [5, 5.41) is 2.93. The predicted molar refractivity (Wildman–Crippen MR) is 41.6 cm³/mol. The van der Waals surface area contributed by atoms with Gasteiger partial charge in [-0.25, -0.2) is 0 Å². The van der Waals surface area contributed by atoms with E-state index in [4.69, 9.17) is 4.42 Å². The average Bonchev–Trinajstić information content (AvgIpc) is 2.47. The lowest BCUT2D eigenvalue weighted by atomic mass is 10.3. The molecule has 0 spiro atoms. The van der Waals surface area contributed by atoms with E-state index in [1.807, 2.05) is 0 Å². The maximum Gasteiger partial charge on any atom is 0.142 e. The molecule has 5 nitrogen and oxygen atoms in total. The Balaban J connectivity index is 2.23. The molecule has 14 heavy (non-hydrogen) atoms. The van der Waals surface area contributed by atoms with Crippen LogP contribution in [-0.4, -0.2) is 5.37 Å². The summed E-state index contributed by atoms with van der Waals surface area (Å²) in [6.45, 7) is 0. The van der Waals surface area contributed by atoms with Crippen LogP contribution in [-0.2, 0) is 3.74 Å². The SMILES string of the molecule is [O-][Cl+3]([O-])([O-])OS1=Cc2occc2C=C1. The first-order chi connectivity index (χ1) is 6.54. The second-order valence-corrected chi connectivity index (χ2v) is 4.86. The van der Waals surface area contributed by atoms with Gasteiger partial charge in [0.1, 0.15) is 20.3 Å². The van der Waals surface area contributed by atoms with Crippen LogP contribution in [0.3, 0.4) is 0 Å². The minimum Gasteiger partial charge on any atom is -0.464 e. The van der Waals surface area contributed by atoms with Crippen molar-refractivity contribution in [3.8, 4) is 0 Å². The normalized spacial score (nSPS) is 20.4. The summed E-state index contributed by atoms with van der Waals surface area (Å²) in [5.74, 6) is 0.509. The third-order valence-corrected chi connectivity index (χ3v) is 3.53. The van der Waals surface area contributed by atoms with Crippen molar-refractivity contribution >= 4 is 22.2 Å². The van der Waals surface area contributed by atoms with E-state index in [2.05, 4.69) is 3.74 Å². The first-order valence-corrected chi connectivity index (χ1v) is 5.99. The fourth-order valence-electron chi connectivity index (χ4n) is 0.978. The second kappa shape index (κ2) is 3.50. The van der Waals surface area contributed by atoms with Crippen LogP contribution in [0.25, 0.3) is 6.08 Å². The van der Waals surface area contributed by atoms with Crippen LogP contribution < -0.4 is 14.0 Å². The summed E-state index contributed by atoms with van der Waals surface area (Å²) in [7, 11) is -5.57. The van der Waals surface area contributed by atoms with E-state index in [9.17, 15) is 14.0 Å². The van der Waals surface area contributed by atoms with Crippen LogP contribution in [0.1, 0.15) is 11.3 Å². The Kier molecular flexibility index (Phi) is 2.48. The lowest BCUT2D eigenvalue weighted by Gasteiger charge is -2.12. The number of hydrogen-bond donors (Lipinski definition) is 0. The van der Waals surface area contributed by atoms with Crippen molar-refractivity contribution in [2.24, 2.45) is 0 Å². The van der Waals surface area contributed by atoms with Crippen LogP contribution in [0.4, 0.5) is 0 Å². The number of furan rings is 1. The molecule has 2 heterocycles. The lowest BCUT2D eigenvalue weighted by molar-refractivity contribution is -1.91. The molecule has 0 saturated heterocycles. The van der Waals surface area contributed by atoms with Crippen LogP contribution in [0, 0.1) is 10.2 Å². The van der Waals surface area contributed by atoms with Gasteiger partial charge in [-0.1, -0.05) is 0 Å². The third kappa shape index (κ3) is 2.24. The molecule has 1 unspecified atom stereocenters. The van der Waals surface area contributed by atoms with E-state index in [-0.39, 0.29) is 0 Å². The second-order valence-electron chi connectivity index (χ2n) is 2.43. The lowest BCUT2D eigenvalue weighted by Crippen LogP contribution is -2.60. The Bertz CT molecular complexity index is 402. The van der Waals surface area contributed by atoms with Crippen LogP contribution in [0.15, 0.2) is 22.2 Å². The van der Waals surface area contributed by atoms with Crippen molar-refractivity contribution in [3.63, 3.8) is 0 Å². The zero-order valence-corrected chi connectivity index (χ0v) is 8.29. The van der Waals surface area contributed by atoms with E-state index in [0.717, 1.165) is 5.56 Å². The molecular weight excluding hydrogens is 232 g/mol. The molecule has 0 amide bonds.